The van der Waals surface area contributed by atoms with Crippen molar-refractivity contribution in [2.45, 2.75) is 5.51 Å². The minimum Gasteiger partial charge on any atom is -0.279 e. The van der Waals surface area contributed by atoms with E-state index in [0.29, 0.717) is 0 Å². The van der Waals surface area contributed by atoms with Crippen molar-refractivity contribution in [3.8, 4) is 0 Å². The van der Waals surface area contributed by atoms with Gasteiger partial charge in [-0.15, -0.1) is 0 Å². The molecule has 8 heteroatoms. The molecule has 0 aromatic heterocycles. The van der Waals surface area contributed by atoms with E-state index < -0.39 is 15.6 Å². The van der Waals surface area contributed by atoms with E-state index in [4.69, 9.17) is 13.0 Å². The van der Waals surface area contributed by atoms with Crippen LogP contribution >= 0.6 is 0 Å². The zero-order chi connectivity index (χ0) is 7.00. The summed E-state index contributed by atoms with van der Waals surface area (Å²) >= 11 is 0. The molecule has 0 aliphatic heterocycles. The van der Waals surface area contributed by atoms with Crippen molar-refractivity contribution in [1.29, 1.82) is 0 Å². The zero-order valence-corrected chi connectivity index (χ0v) is 5.58. The largest absolute Gasteiger partial charge is 0.522 e. The van der Waals surface area contributed by atoms with Crippen LogP contribution in [-0.4, -0.2) is 18.5 Å². The summed E-state index contributed by atoms with van der Waals surface area (Å²) in [7, 11) is -5.84. The van der Waals surface area contributed by atoms with Gasteiger partial charge in [0, 0.05) is 17.1 Å². The molecule has 0 spiro atoms. The van der Waals surface area contributed by atoms with Crippen molar-refractivity contribution in [2.24, 2.45) is 0 Å². The van der Waals surface area contributed by atoms with E-state index in [0.717, 1.165) is 0 Å². The fraction of sp³-hybridized carbons (Fsp3) is 1.00. The Kier molecular flexibility index (Phi) is 3.81. The molecular weight excluding hydrogens is 205 g/mol. The van der Waals surface area contributed by atoms with E-state index in [9.17, 15) is 13.2 Å². The fourth-order valence-electron chi connectivity index (χ4n) is 0. The van der Waals surface area contributed by atoms with Crippen LogP contribution < -0.4 is 0 Å². The van der Waals surface area contributed by atoms with Gasteiger partial charge >= 0.3 is 15.6 Å². The van der Waals surface area contributed by atoms with Crippen molar-refractivity contribution in [2.75, 3.05) is 0 Å². The zero-order valence-electron chi connectivity index (χ0n) is 3.66. The van der Waals surface area contributed by atoms with E-state index in [1.165, 1.54) is 0 Å². The van der Waals surface area contributed by atoms with Crippen molar-refractivity contribution in [3.05, 3.63) is 0 Å². The van der Waals surface area contributed by atoms with Crippen molar-refractivity contribution in [3.63, 3.8) is 0 Å². The van der Waals surface area contributed by atoms with Crippen molar-refractivity contribution >= 4 is 10.1 Å². The molecule has 0 aliphatic rings. The Morgan fingerprint density at radius 1 is 1.22 bits per heavy atom. The van der Waals surface area contributed by atoms with Crippen molar-refractivity contribution < 1.29 is 43.2 Å². The molecule has 0 rings (SSSR count). The maximum Gasteiger partial charge on any atom is 0.522 e. The van der Waals surface area contributed by atoms with Gasteiger partial charge in [0.15, 0.2) is 0 Å². The van der Waals surface area contributed by atoms with Gasteiger partial charge in [-0.05, 0) is 0 Å². The summed E-state index contributed by atoms with van der Waals surface area (Å²) in [5.74, 6) is 0. The summed E-state index contributed by atoms with van der Waals surface area (Å²) in [5.41, 5.74) is -5.53. The molecule has 0 aliphatic carbocycles. The number of rotatable bonds is 0. The van der Waals surface area contributed by atoms with Crippen LogP contribution in [0, 0.1) is 0 Å². The molecule has 3 nitrogen and oxygen atoms in total. The molecule has 0 atom stereocenters. The molecule has 58 valence electrons. The molecule has 0 heterocycles. The second kappa shape index (κ2) is 2.87. The molecular formula is CHF3FeO3S. The van der Waals surface area contributed by atoms with Crippen LogP contribution in [0.2, 0.25) is 0 Å². The van der Waals surface area contributed by atoms with Gasteiger partial charge in [-0.25, -0.2) is 0 Å². The number of alkyl halides is 3. The smallest absolute Gasteiger partial charge is 0.279 e. The molecule has 0 amide bonds. The molecule has 0 bridgehead atoms. The fourth-order valence-corrected chi connectivity index (χ4v) is 0. The maximum atomic E-state index is 10.7. The second-order valence-electron chi connectivity index (χ2n) is 0.921. The molecule has 0 radical (unpaired) electrons. The van der Waals surface area contributed by atoms with Crippen LogP contribution in [0.5, 0.6) is 0 Å². The third kappa shape index (κ3) is 3.74. The quantitative estimate of drug-likeness (QED) is 0.354. The van der Waals surface area contributed by atoms with Gasteiger partial charge in [0.1, 0.15) is 0 Å². The molecule has 0 fully saturated rings. The SMILES string of the molecule is O=S(=O)(O)C(F)(F)F.[Fe]. The molecule has 0 saturated carbocycles. The van der Waals surface area contributed by atoms with Gasteiger partial charge in [-0.3, -0.25) is 4.55 Å². The average Bonchev–Trinajstić information content (AvgIpc) is 1.25. The first kappa shape index (κ1) is 12.0. The molecule has 1 N–H and O–H groups in total. The van der Waals surface area contributed by atoms with Crippen LogP contribution in [0.25, 0.3) is 0 Å². The maximum absolute atomic E-state index is 10.7. The van der Waals surface area contributed by atoms with Gasteiger partial charge in [0.2, 0.25) is 0 Å². The number of halogens is 3. The number of hydrogen-bond donors (Lipinski definition) is 1. The van der Waals surface area contributed by atoms with Crippen molar-refractivity contribution in [1.82, 2.24) is 0 Å². The summed E-state index contributed by atoms with van der Waals surface area (Å²) < 4.78 is 57.5. The summed E-state index contributed by atoms with van der Waals surface area (Å²) in [6.07, 6.45) is 0. The second-order valence-corrected chi connectivity index (χ2v) is 2.33. The van der Waals surface area contributed by atoms with Gasteiger partial charge in [0.05, 0.1) is 0 Å². The molecule has 0 aromatic rings. The monoisotopic (exact) mass is 206 g/mol. The third-order valence-corrected chi connectivity index (χ3v) is 0.877. The van der Waals surface area contributed by atoms with Gasteiger partial charge < -0.3 is 0 Å². The Bertz CT molecular complexity index is 168. The van der Waals surface area contributed by atoms with Crippen LogP contribution in [-0.2, 0) is 27.2 Å². The van der Waals surface area contributed by atoms with Gasteiger partial charge in [-0.1, -0.05) is 0 Å². The normalized spacial score (nSPS) is 12.4. The Hall–Kier alpha value is 0.219. The average molecular weight is 206 g/mol. The van der Waals surface area contributed by atoms with E-state index >= 15 is 0 Å². The van der Waals surface area contributed by atoms with E-state index in [1.54, 1.807) is 0 Å². The first-order valence-corrected chi connectivity index (χ1v) is 2.73. The predicted octanol–water partition coefficient (Wildman–Crippen LogP) is 0.392. The summed E-state index contributed by atoms with van der Waals surface area (Å²) in [4.78, 5) is 0. The van der Waals surface area contributed by atoms with Crippen LogP contribution in [0.1, 0.15) is 0 Å². The topological polar surface area (TPSA) is 54.4 Å². The van der Waals surface area contributed by atoms with E-state index in [1.807, 2.05) is 0 Å². The number of hydrogen-bond acceptors (Lipinski definition) is 2. The summed E-state index contributed by atoms with van der Waals surface area (Å²) in [6, 6.07) is 0. The van der Waals surface area contributed by atoms with Crippen LogP contribution in [0.4, 0.5) is 13.2 Å². The van der Waals surface area contributed by atoms with E-state index in [2.05, 4.69) is 0 Å². The Labute approximate surface area is 59.5 Å². The Morgan fingerprint density at radius 3 is 1.33 bits per heavy atom. The van der Waals surface area contributed by atoms with Crippen LogP contribution in [0.15, 0.2) is 0 Å². The van der Waals surface area contributed by atoms with Gasteiger partial charge in [0.25, 0.3) is 0 Å². The van der Waals surface area contributed by atoms with E-state index in [-0.39, 0.29) is 17.1 Å². The first-order chi connectivity index (χ1) is 3.25. The minimum absolute atomic E-state index is 0. The molecule has 0 aromatic carbocycles. The molecule has 0 unspecified atom stereocenters. The first-order valence-electron chi connectivity index (χ1n) is 1.29. The summed E-state index contributed by atoms with van der Waals surface area (Å²) in [6.45, 7) is 0. The minimum atomic E-state index is -5.84. The standard InChI is InChI=1S/CHF3O3S.Fe/c2-1(3,4)8(5,6)7;/h(H,5,6,7);. The van der Waals surface area contributed by atoms with Crippen LogP contribution in [0.3, 0.4) is 0 Å². The third-order valence-electron chi connectivity index (χ3n) is 0.292. The Balaban J connectivity index is 0. The predicted molar refractivity (Wildman–Crippen MR) is 17.6 cm³/mol. The summed E-state index contributed by atoms with van der Waals surface area (Å²) in [5, 5.41) is 0. The Morgan fingerprint density at radius 2 is 1.33 bits per heavy atom. The van der Waals surface area contributed by atoms with Gasteiger partial charge in [-0.2, -0.15) is 21.6 Å². The molecule has 9 heavy (non-hydrogen) atoms. The molecule has 0 saturated heterocycles.